The van der Waals surface area contributed by atoms with Gasteiger partial charge in [0.15, 0.2) is 0 Å². The molecule has 0 aliphatic carbocycles. The third kappa shape index (κ3) is 4.74. The first-order chi connectivity index (χ1) is 9.56. The Morgan fingerprint density at radius 3 is 2.65 bits per heavy atom. The van der Waals surface area contributed by atoms with E-state index >= 15 is 0 Å². The number of hydrogen-bond acceptors (Lipinski definition) is 3. The molecule has 0 amide bonds. The Hall–Kier alpha value is -0.610. The molecule has 3 N–H and O–H groups in total. The number of amidine groups is 1. The number of aliphatic hydroxyl groups is 1. The lowest BCUT2D eigenvalue weighted by Gasteiger charge is -2.27. The predicted molar refractivity (Wildman–Crippen MR) is 85.3 cm³/mol. The van der Waals surface area contributed by atoms with Crippen molar-refractivity contribution in [2.45, 2.75) is 52.9 Å². The first-order valence-electron chi connectivity index (χ1n) is 8.25. The monoisotopic (exact) mass is 284 g/mol. The highest BCUT2D eigenvalue weighted by atomic mass is 16.3. The van der Waals surface area contributed by atoms with Crippen LogP contribution in [0.3, 0.4) is 0 Å². The summed E-state index contributed by atoms with van der Waals surface area (Å²) in [5.74, 6) is 1.40. The number of nitrogens with zero attached hydrogens (tertiary/aromatic N) is 2. The fourth-order valence-electron chi connectivity index (χ4n) is 3.33. The number of β-amino-alcohol motifs (C(OH)–C–C–N with tert-alkyl or cyclic N) is 1. The summed E-state index contributed by atoms with van der Waals surface area (Å²) in [6.45, 7) is 11.6. The Morgan fingerprint density at radius 1 is 1.30 bits per heavy atom. The molecule has 1 aliphatic rings. The fraction of sp³-hybridized carbons (Fsp3) is 0.938. The minimum atomic E-state index is 0.175. The molecule has 0 aromatic carbocycles. The molecule has 0 spiro atoms. The van der Waals surface area contributed by atoms with Crippen molar-refractivity contribution in [1.29, 1.82) is 0 Å². The summed E-state index contributed by atoms with van der Waals surface area (Å²) in [5.41, 5.74) is 5.93. The zero-order valence-electron chi connectivity index (χ0n) is 13.7. The highest BCUT2D eigenvalue weighted by Crippen LogP contribution is 2.29. The molecule has 0 atom stereocenters. The van der Waals surface area contributed by atoms with Gasteiger partial charge in [0.05, 0.1) is 18.6 Å². The van der Waals surface area contributed by atoms with Gasteiger partial charge in [0.1, 0.15) is 19.6 Å². The highest BCUT2D eigenvalue weighted by Gasteiger charge is 2.41. The van der Waals surface area contributed by atoms with Crippen molar-refractivity contribution in [3.05, 3.63) is 0 Å². The van der Waals surface area contributed by atoms with E-state index in [0.717, 1.165) is 26.2 Å². The number of aliphatic hydroxyl groups excluding tert-OH is 1. The molecule has 4 nitrogen and oxygen atoms in total. The molecule has 0 fully saturated rings. The predicted octanol–water partition coefficient (Wildman–Crippen LogP) is 1.66. The molecule has 4 heteroatoms. The Kier molecular flexibility index (Phi) is 7.52. The quantitative estimate of drug-likeness (QED) is 0.474. The highest BCUT2D eigenvalue weighted by molar-refractivity contribution is 5.84. The van der Waals surface area contributed by atoms with Crippen molar-refractivity contribution in [3.63, 3.8) is 0 Å². The van der Waals surface area contributed by atoms with Gasteiger partial charge in [-0.2, -0.15) is 0 Å². The Labute approximate surface area is 124 Å². The second-order valence-corrected chi connectivity index (χ2v) is 6.50. The molecular formula is C16H34N3O+. The summed E-state index contributed by atoms with van der Waals surface area (Å²) < 4.78 is 2.43. The first-order valence-corrected chi connectivity index (χ1v) is 8.25. The van der Waals surface area contributed by atoms with E-state index in [-0.39, 0.29) is 12.0 Å². The molecule has 0 unspecified atom stereocenters. The van der Waals surface area contributed by atoms with E-state index in [4.69, 9.17) is 5.73 Å². The third-order valence-corrected chi connectivity index (χ3v) is 4.27. The molecule has 0 aromatic rings. The molecule has 0 saturated heterocycles. The van der Waals surface area contributed by atoms with E-state index in [1.165, 1.54) is 37.9 Å². The largest absolute Gasteiger partial charge is 0.392 e. The van der Waals surface area contributed by atoms with E-state index in [2.05, 4.69) is 30.2 Å². The number of rotatable bonds is 10. The van der Waals surface area contributed by atoms with Crippen molar-refractivity contribution < 1.29 is 9.68 Å². The van der Waals surface area contributed by atoms with Crippen LogP contribution in [0.4, 0.5) is 0 Å². The van der Waals surface area contributed by atoms with Crippen LogP contribution in [0.2, 0.25) is 0 Å². The van der Waals surface area contributed by atoms with Crippen LogP contribution in [0.1, 0.15) is 52.9 Å². The van der Waals surface area contributed by atoms with Gasteiger partial charge in [-0.15, -0.1) is 0 Å². The SMILES string of the molecule is CCCCCCC(C)(C)C1=[N+](CCN)CCN1CCO. The van der Waals surface area contributed by atoms with E-state index in [0.29, 0.717) is 6.54 Å². The second kappa shape index (κ2) is 8.63. The van der Waals surface area contributed by atoms with Crippen LogP contribution in [0.15, 0.2) is 0 Å². The molecule has 1 aliphatic heterocycles. The standard InChI is InChI=1S/C16H34N3O/c1-4-5-6-7-8-16(2,3)15-18(10-9-17)11-12-19(15)13-14-20/h20H,4-14,17H2,1-3H3/q+1. The maximum Gasteiger partial charge on any atom is 0.252 e. The van der Waals surface area contributed by atoms with Crippen LogP contribution in [0.5, 0.6) is 0 Å². The summed E-state index contributed by atoms with van der Waals surface area (Å²) in [4.78, 5) is 2.36. The summed E-state index contributed by atoms with van der Waals surface area (Å²) in [6, 6.07) is 0. The van der Waals surface area contributed by atoms with Crippen LogP contribution < -0.4 is 5.73 Å². The van der Waals surface area contributed by atoms with Gasteiger partial charge in [-0.05, 0) is 20.3 Å². The van der Waals surface area contributed by atoms with Crippen LogP contribution >= 0.6 is 0 Å². The van der Waals surface area contributed by atoms with Gasteiger partial charge >= 0.3 is 0 Å². The Morgan fingerprint density at radius 2 is 2.05 bits per heavy atom. The van der Waals surface area contributed by atoms with Crippen molar-refractivity contribution in [2.24, 2.45) is 11.1 Å². The van der Waals surface area contributed by atoms with Gasteiger partial charge in [-0.3, -0.25) is 9.48 Å². The summed E-state index contributed by atoms with van der Waals surface area (Å²) in [6.07, 6.45) is 6.44. The molecule has 0 aromatic heterocycles. The van der Waals surface area contributed by atoms with Crippen LogP contribution in [0, 0.1) is 5.41 Å². The molecule has 0 bridgehead atoms. The minimum Gasteiger partial charge on any atom is -0.392 e. The minimum absolute atomic E-state index is 0.175. The van der Waals surface area contributed by atoms with Gasteiger partial charge in [-0.25, -0.2) is 0 Å². The normalized spacial score (nSPS) is 16.4. The van der Waals surface area contributed by atoms with Crippen molar-refractivity contribution >= 4 is 5.84 Å². The Bertz CT molecular complexity index is 313. The molecule has 1 heterocycles. The molecular weight excluding hydrogens is 250 g/mol. The van der Waals surface area contributed by atoms with Crippen LogP contribution in [0.25, 0.3) is 0 Å². The van der Waals surface area contributed by atoms with Gasteiger partial charge in [0, 0.05) is 6.54 Å². The van der Waals surface area contributed by atoms with Gasteiger partial charge in [0.25, 0.3) is 5.84 Å². The summed E-state index contributed by atoms with van der Waals surface area (Å²) in [5, 5.41) is 9.27. The van der Waals surface area contributed by atoms with Crippen molar-refractivity contribution in [2.75, 3.05) is 39.3 Å². The first kappa shape index (κ1) is 17.4. The van der Waals surface area contributed by atoms with Gasteiger partial charge in [0.2, 0.25) is 0 Å². The third-order valence-electron chi connectivity index (χ3n) is 4.27. The summed E-state index contributed by atoms with van der Waals surface area (Å²) >= 11 is 0. The van der Waals surface area contributed by atoms with E-state index in [1.807, 2.05) is 0 Å². The topological polar surface area (TPSA) is 52.5 Å². The van der Waals surface area contributed by atoms with E-state index in [9.17, 15) is 5.11 Å². The lowest BCUT2D eigenvalue weighted by molar-refractivity contribution is -0.519. The van der Waals surface area contributed by atoms with E-state index < -0.39 is 0 Å². The number of hydrogen-bond donors (Lipinski definition) is 2. The average Bonchev–Trinajstić information content (AvgIpc) is 2.79. The van der Waals surface area contributed by atoms with Gasteiger partial charge < -0.3 is 10.8 Å². The van der Waals surface area contributed by atoms with E-state index in [1.54, 1.807) is 0 Å². The average molecular weight is 284 g/mol. The molecule has 20 heavy (non-hydrogen) atoms. The smallest absolute Gasteiger partial charge is 0.252 e. The lowest BCUT2D eigenvalue weighted by Crippen LogP contribution is -2.43. The summed E-state index contributed by atoms with van der Waals surface area (Å²) in [7, 11) is 0. The number of unbranched alkanes of at least 4 members (excludes halogenated alkanes) is 3. The second-order valence-electron chi connectivity index (χ2n) is 6.50. The fourth-order valence-corrected chi connectivity index (χ4v) is 3.33. The molecule has 118 valence electrons. The maximum atomic E-state index is 9.27. The maximum absolute atomic E-state index is 9.27. The van der Waals surface area contributed by atoms with Crippen molar-refractivity contribution in [3.8, 4) is 0 Å². The van der Waals surface area contributed by atoms with Crippen LogP contribution in [-0.4, -0.2) is 59.7 Å². The molecule has 0 radical (unpaired) electrons. The molecule has 1 rings (SSSR count). The lowest BCUT2D eigenvalue weighted by atomic mass is 9.84. The Balaban J connectivity index is 2.75. The number of nitrogens with two attached hydrogens (primary N) is 1. The molecule has 0 saturated carbocycles. The zero-order chi connectivity index (χ0) is 15.0. The van der Waals surface area contributed by atoms with Gasteiger partial charge in [-0.1, -0.05) is 32.6 Å². The van der Waals surface area contributed by atoms with Crippen LogP contribution in [-0.2, 0) is 0 Å². The van der Waals surface area contributed by atoms with Crippen molar-refractivity contribution in [1.82, 2.24) is 4.90 Å². The zero-order valence-corrected chi connectivity index (χ0v) is 13.7.